The molecule has 12 rings (SSSR count). The van der Waals surface area contributed by atoms with Crippen molar-refractivity contribution in [1.82, 2.24) is 0 Å². The van der Waals surface area contributed by atoms with Gasteiger partial charge in [0, 0.05) is 10.8 Å². The Morgan fingerprint density at radius 2 is 0.621 bits per heavy atom. The summed E-state index contributed by atoms with van der Waals surface area (Å²) in [6, 6.07) is 57.2. The lowest BCUT2D eigenvalue weighted by Gasteiger charge is -2.39. The normalized spacial score (nSPS) is 17.2. The largest absolute Gasteiger partial charge is 0.113 e. The Morgan fingerprint density at radius 1 is 0.293 bits per heavy atom. The fraction of sp³-hybridized carbons (Fsp3) is 0.179. The van der Waals surface area contributed by atoms with E-state index in [2.05, 4.69) is 199 Å². The molecule has 0 atom stereocenters. The molecule has 280 valence electrons. The molecule has 0 bridgehead atoms. The third-order valence-corrected chi connectivity index (χ3v) is 22.4. The standard InChI is InChI=1S/C56H48Si2/c1-55(2)45-15-11-9-13-37(45)39-21-17-33(29-47(39)55)35-19-23-41-43-25-26-44-42-24-20-36(34-18-22-40-38-14-10-12-16-46(38)56(3,4)48(40)30-34)32-52(42)58(7,8)50-28-27-49(53(43)54(44)50)57(5,6)51(41)31-35/h9-32H,1-8H3. The van der Waals surface area contributed by atoms with Crippen molar-refractivity contribution in [3.63, 3.8) is 0 Å². The van der Waals surface area contributed by atoms with E-state index in [-0.39, 0.29) is 10.8 Å². The first-order valence-corrected chi connectivity index (χ1v) is 27.2. The summed E-state index contributed by atoms with van der Waals surface area (Å²) in [5, 5.41) is 9.34. The Balaban J connectivity index is 0.976. The van der Waals surface area contributed by atoms with Gasteiger partial charge in [-0.3, -0.25) is 0 Å². The van der Waals surface area contributed by atoms with Crippen molar-refractivity contribution in [2.75, 3.05) is 0 Å². The topological polar surface area (TPSA) is 0 Å². The molecule has 0 fully saturated rings. The Labute approximate surface area is 345 Å². The van der Waals surface area contributed by atoms with Gasteiger partial charge in [0.1, 0.15) is 16.1 Å². The SMILES string of the molecule is CC1(C)c2ccccc2-c2ccc(-c3ccc4c(c3)[Si](C)(C)c3ccc5c6c(ccc-4c36)-c3ccc(-c4ccc6c(c4)C(C)(C)c4ccccc4-6)cc3[Si]5(C)C)cc21. The predicted molar refractivity (Wildman–Crippen MR) is 254 cm³/mol. The molecule has 2 aliphatic heterocycles. The summed E-state index contributed by atoms with van der Waals surface area (Å²) >= 11 is 0. The molecule has 0 saturated carbocycles. The Hall–Kier alpha value is -5.55. The van der Waals surface area contributed by atoms with E-state index in [0.717, 1.165) is 0 Å². The van der Waals surface area contributed by atoms with E-state index in [1.165, 1.54) is 99.8 Å². The molecular weight excluding hydrogens is 729 g/mol. The highest BCUT2D eigenvalue weighted by atomic mass is 28.3. The van der Waals surface area contributed by atoms with E-state index in [1.54, 1.807) is 20.7 Å². The zero-order valence-electron chi connectivity index (χ0n) is 34.9. The van der Waals surface area contributed by atoms with Crippen molar-refractivity contribution in [3.8, 4) is 66.8 Å². The van der Waals surface area contributed by atoms with Crippen LogP contribution in [0.25, 0.3) is 77.5 Å². The second kappa shape index (κ2) is 11.1. The van der Waals surface area contributed by atoms with Gasteiger partial charge in [0.2, 0.25) is 0 Å². The maximum atomic E-state index is 2.59. The maximum absolute atomic E-state index is 2.59. The van der Waals surface area contributed by atoms with Crippen LogP contribution >= 0.6 is 0 Å². The highest BCUT2D eigenvalue weighted by Gasteiger charge is 2.42. The van der Waals surface area contributed by atoms with Crippen LogP contribution in [0.4, 0.5) is 0 Å². The van der Waals surface area contributed by atoms with Crippen LogP contribution in [-0.2, 0) is 10.8 Å². The summed E-state index contributed by atoms with van der Waals surface area (Å²) in [7, 11) is -4.16. The minimum Gasteiger partial charge on any atom is -0.0620 e. The molecule has 0 aromatic heterocycles. The second-order valence-electron chi connectivity index (χ2n) is 19.7. The molecule has 0 nitrogen and oxygen atoms in total. The van der Waals surface area contributed by atoms with Gasteiger partial charge >= 0.3 is 0 Å². The summed E-state index contributed by atoms with van der Waals surface area (Å²) in [5.41, 5.74) is 22.3. The Morgan fingerprint density at radius 3 is 1.03 bits per heavy atom. The third kappa shape index (κ3) is 4.25. The van der Waals surface area contributed by atoms with Gasteiger partial charge in [-0.05, 0) is 133 Å². The average Bonchev–Trinajstić information content (AvgIpc) is 3.60. The molecule has 8 aromatic carbocycles. The second-order valence-corrected chi connectivity index (χ2v) is 28.4. The van der Waals surface area contributed by atoms with Gasteiger partial charge in [0.15, 0.2) is 0 Å². The first-order valence-electron chi connectivity index (χ1n) is 21.2. The zero-order valence-corrected chi connectivity index (χ0v) is 36.9. The predicted octanol–water partition coefficient (Wildman–Crippen LogP) is 12.4. The lowest BCUT2D eigenvalue weighted by Crippen LogP contribution is -2.59. The van der Waals surface area contributed by atoms with Crippen molar-refractivity contribution < 1.29 is 0 Å². The first-order chi connectivity index (χ1) is 27.8. The summed E-state index contributed by atoms with van der Waals surface area (Å²) < 4.78 is 0. The molecule has 0 N–H and O–H groups in total. The van der Waals surface area contributed by atoms with Gasteiger partial charge in [-0.25, -0.2) is 0 Å². The van der Waals surface area contributed by atoms with Crippen molar-refractivity contribution in [2.45, 2.75) is 64.7 Å². The van der Waals surface area contributed by atoms with Crippen LogP contribution in [0.15, 0.2) is 146 Å². The zero-order chi connectivity index (χ0) is 39.7. The molecule has 0 radical (unpaired) electrons. The molecule has 0 saturated heterocycles. The number of hydrogen-bond donors (Lipinski definition) is 0. The summed E-state index contributed by atoms with van der Waals surface area (Å²) in [5.74, 6) is 0. The molecule has 8 aromatic rings. The highest BCUT2D eigenvalue weighted by Crippen LogP contribution is 2.51. The van der Waals surface area contributed by atoms with Crippen LogP contribution in [0.5, 0.6) is 0 Å². The van der Waals surface area contributed by atoms with Crippen LogP contribution in [0.2, 0.25) is 26.2 Å². The monoisotopic (exact) mass is 776 g/mol. The molecule has 2 heterocycles. The smallest absolute Gasteiger partial charge is 0.0620 e. The molecule has 0 spiro atoms. The van der Waals surface area contributed by atoms with Gasteiger partial charge in [-0.2, -0.15) is 0 Å². The van der Waals surface area contributed by atoms with Gasteiger partial charge in [0.25, 0.3) is 0 Å². The number of hydrogen-bond acceptors (Lipinski definition) is 0. The Bertz CT molecular complexity index is 2960. The van der Waals surface area contributed by atoms with Gasteiger partial charge in [-0.15, -0.1) is 0 Å². The third-order valence-electron chi connectivity index (χ3n) is 15.3. The van der Waals surface area contributed by atoms with Gasteiger partial charge < -0.3 is 0 Å². The minimum atomic E-state index is -2.08. The van der Waals surface area contributed by atoms with Crippen molar-refractivity contribution in [2.24, 2.45) is 0 Å². The molecule has 2 aliphatic carbocycles. The average molecular weight is 777 g/mol. The quantitative estimate of drug-likeness (QED) is 0.153. The fourth-order valence-electron chi connectivity index (χ4n) is 12.0. The van der Waals surface area contributed by atoms with E-state index in [9.17, 15) is 0 Å². The van der Waals surface area contributed by atoms with E-state index in [1.807, 2.05) is 0 Å². The minimum absolute atomic E-state index is 0.0115. The number of fused-ring (bicyclic) bond motifs is 10. The van der Waals surface area contributed by atoms with E-state index < -0.39 is 16.1 Å². The number of benzene rings is 8. The van der Waals surface area contributed by atoms with E-state index in [0.29, 0.717) is 0 Å². The van der Waals surface area contributed by atoms with Crippen molar-refractivity contribution in [3.05, 3.63) is 168 Å². The molecule has 2 heteroatoms. The highest BCUT2D eigenvalue weighted by molar-refractivity contribution is 7.05. The molecule has 58 heavy (non-hydrogen) atoms. The fourth-order valence-corrected chi connectivity index (χ4v) is 18.2. The maximum Gasteiger partial charge on any atom is 0.113 e. The van der Waals surface area contributed by atoms with E-state index >= 15 is 0 Å². The Kier molecular flexibility index (Phi) is 6.62. The molecule has 0 unspecified atom stereocenters. The summed E-state index contributed by atoms with van der Waals surface area (Å²) in [6.07, 6.45) is 0. The van der Waals surface area contributed by atoms with Crippen LogP contribution in [0.1, 0.15) is 49.9 Å². The number of rotatable bonds is 2. The van der Waals surface area contributed by atoms with Crippen LogP contribution < -0.4 is 20.7 Å². The van der Waals surface area contributed by atoms with Crippen LogP contribution in [0, 0.1) is 0 Å². The van der Waals surface area contributed by atoms with Gasteiger partial charge in [0.05, 0.1) is 0 Å². The summed E-state index contributed by atoms with van der Waals surface area (Å²) in [4.78, 5) is 0. The van der Waals surface area contributed by atoms with Gasteiger partial charge in [-0.1, -0.05) is 187 Å². The van der Waals surface area contributed by atoms with Crippen LogP contribution in [0.3, 0.4) is 0 Å². The molecule has 4 aliphatic rings. The van der Waals surface area contributed by atoms with Crippen molar-refractivity contribution in [1.29, 1.82) is 0 Å². The van der Waals surface area contributed by atoms with E-state index in [4.69, 9.17) is 0 Å². The first kappa shape index (κ1) is 34.5. The van der Waals surface area contributed by atoms with Crippen molar-refractivity contribution >= 4 is 47.7 Å². The lowest BCUT2D eigenvalue weighted by molar-refractivity contribution is 0.660. The molecule has 0 amide bonds. The molecular formula is C56H48Si2. The lowest BCUT2D eigenvalue weighted by atomic mass is 9.81. The van der Waals surface area contributed by atoms with Crippen LogP contribution in [-0.4, -0.2) is 16.1 Å². The summed E-state index contributed by atoms with van der Waals surface area (Å²) in [6.45, 7) is 19.9.